The number of rotatable bonds is 5. The van der Waals surface area contributed by atoms with Crippen LogP contribution in [0.5, 0.6) is 0 Å². The van der Waals surface area contributed by atoms with Gasteiger partial charge in [-0.05, 0) is 52.3 Å². The highest BCUT2D eigenvalue weighted by Crippen LogP contribution is 2.44. The Balaban J connectivity index is 2.60. The first-order valence-electron chi connectivity index (χ1n) is 9.36. The van der Waals surface area contributed by atoms with Crippen molar-refractivity contribution in [2.45, 2.75) is 56.6 Å². The van der Waals surface area contributed by atoms with Crippen LogP contribution in [0.2, 0.25) is 0 Å². The molecule has 0 spiro atoms. The van der Waals surface area contributed by atoms with Crippen LogP contribution in [0.4, 0.5) is 9.18 Å². The highest BCUT2D eigenvalue weighted by molar-refractivity contribution is 9.10. The highest BCUT2D eigenvalue weighted by atomic mass is 79.9. The van der Waals surface area contributed by atoms with Crippen molar-refractivity contribution in [3.05, 3.63) is 34.1 Å². The summed E-state index contributed by atoms with van der Waals surface area (Å²) in [6.07, 6.45) is -0.504. The number of nitriles is 1. The number of carbonyl (C=O) groups is 1. The molecule has 1 N–H and O–H groups in total. The molecule has 0 radical (unpaired) electrons. The van der Waals surface area contributed by atoms with Crippen LogP contribution < -0.4 is 5.32 Å². The summed E-state index contributed by atoms with van der Waals surface area (Å²) in [6.45, 7) is 6.68. The number of benzene rings is 1. The minimum absolute atomic E-state index is 0.104. The van der Waals surface area contributed by atoms with Crippen LogP contribution in [0.25, 0.3) is 0 Å². The number of ether oxygens (including phenoxy) is 2. The van der Waals surface area contributed by atoms with Crippen molar-refractivity contribution < 1.29 is 27.1 Å². The molecule has 1 fully saturated rings. The van der Waals surface area contributed by atoms with Gasteiger partial charge in [-0.3, -0.25) is 0 Å². The molecular formula is C20H26BrFN2O5S. The van der Waals surface area contributed by atoms with Gasteiger partial charge in [0.05, 0.1) is 18.8 Å². The third-order valence-electron chi connectivity index (χ3n) is 5.04. The van der Waals surface area contributed by atoms with Gasteiger partial charge in [0.25, 0.3) is 0 Å². The van der Waals surface area contributed by atoms with Gasteiger partial charge in [0.1, 0.15) is 22.2 Å². The van der Waals surface area contributed by atoms with E-state index in [0.717, 1.165) is 6.26 Å². The first kappa shape index (κ1) is 24.6. The molecule has 30 heavy (non-hydrogen) atoms. The van der Waals surface area contributed by atoms with Crippen LogP contribution >= 0.6 is 15.9 Å². The van der Waals surface area contributed by atoms with Gasteiger partial charge in [-0.25, -0.2) is 17.6 Å². The molecule has 1 unspecified atom stereocenters. The zero-order valence-electron chi connectivity index (χ0n) is 17.5. The normalized spacial score (nSPS) is 25.4. The van der Waals surface area contributed by atoms with Crippen LogP contribution in [0.1, 0.15) is 39.7 Å². The molecule has 1 amide bonds. The van der Waals surface area contributed by atoms with E-state index in [-0.39, 0.29) is 18.6 Å². The van der Waals surface area contributed by atoms with Crippen molar-refractivity contribution in [2.75, 3.05) is 12.9 Å². The number of carbonyl (C=O) groups excluding carboxylic acids is 1. The average molecular weight is 505 g/mol. The molecule has 0 bridgehead atoms. The number of nitrogens with zero attached hydrogens (tertiary/aromatic N) is 1. The third-order valence-corrected chi connectivity index (χ3v) is 6.86. The van der Waals surface area contributed by atoms with Gasteiger partial charge in [-0.2, -0.15) is 5.26 Å². The summed E-state index contributed by atoms with van der Waals surface area (Å²) in [5.41, 5.74) is -2.10. The number of alkyl carbamates (subject to hydrolysis) is 1. The molecule has 166 valence electrons. The van der Waals surface area contributed by atoms with E-state index in [4.69, 9.17) is 9.47 Å². The molecule has 0 aliphatic carbocycles. The minimum atomic E-state index is -3.70. The van der Waals surface area contributed by atoms with Gasteiger partial charge in [0.2, 0.25) is 0 Å². The molecule has 0 aromatic heterocycles. The molecular weight excluding hydrogens is 479 g/mol. The predicted molar refractivity (Wildman–Crippen MR) is 113 cm³/mol. The standard InChI is InChI=1S/C20H26BrFN2O5S/c1-12-15(9-14(10-23)30(5,26)27)20(11-28-12,24-18(25)29-19(2,3)4)16-8-13(21)6-7-17(16)22/h6-8,12,14-15H,9,11H2,1-5H3,(H,24,25)/t12-,14?,15-,20+/m1/s1. The molecule has 4 atom stereocenters. The van der Waals surface area contributed by atoms with Gasteiger partial charge < -0.3 is 14.8 Å². The summed E-state index contributed by atoms with van der Waals surface area (Å²) < 4.78 is 50.8. The molecule has 10 heteroatoms. The number of halogens is 2. The molecule has 7 nitrogen and oxygen atoms in total. The lowest BCUT2D eigenvalue weighted by atomic mass is 9.75. The van der Waals surface area contributed by atoms with Crippen LogP contribution in [0, 0.1) is 23.1 Å². The lowest BCUT2D eigenvalue weighted by Gasteiger charge is -2.37. The maximum atomic E-state index is 15.0. The van der Waals surface area contributed by atoms with E-state index in [9.17, 15) is 22.9 Å². The van der Waals surface area contributed by atoms with Crippen molar-refractivity contribution in [1.82, 2.24) is 5.32 Å². The predicted octanol–water partition coefficient (Wildman–Crippen LogP) is 3.67. The number of nitrogens with one attached hydrogen (secondary N) is 1. The van der Waals surface area contributed by atoms with E-state index in [1.54, 1.807) is 33.8 Å². The van der Waals surface area contributed by atoms with Crippen molar-refractivity contribution in [3.63, 3.8) is 0 Å². The molecule has 1 saturated heterocycles. The highest BCUT2D eigenvalue weighted by Gasteiger charge is 2.53. The molecule has 1 aromatic rings. The molecule has 1 aromatic carbocycles. The maximum Gasteiger partial charge on any atom is 0.408 e. The Bertz CT molecular complexity index is 957. The molecule has 0 saturated carbocycles. The maximum absolute atomic E-state index is 15.0. The molecule has 1 aliphatic rings. The Morgan fingerprint density at radius 1 is 1.50 bits per heavy atom. The number of hydrogen-bond donors (Lipinski definition) is 1. The zero-order valence-corrected chi connectivity index (χ0v) is 19.9. The summed E-state index contributed by atoms with van der Waals surface area (Å²) in [5.74, 6) is -1.29. The Hall–Kier alpha value is -1.70. The van der Waals surface area contributed by atoms with Crippen LogP contribution in [-0.4, -0.2) is 44.3 Å². The summed E-state index contributed by atoms with van der Waals surface area (Å²) in [5, 5.41) is 10.8. The van der Waals surface area contributed by atoms with Gasteiger partial charge in [0, 0.05) is 22.2 Å². The van der Waals surface area contributed by atoms with Gasteiger partial charge in [-0.1, -0.05) is 15.9 Å². The zero-order chi connectivity index (χ0) is 22.9. The van der Waals surface area contributed by atoms with Crippen LogP contribution in [-0.2, 0) is 24.8 Å². The van der Waals surface area contributed by atoms with Crippen LogP contribution in [0.3, 0.4) is 0 Å². The quantitative estimate of drug-likeness (QED) is 0.655. The van der Waals surface area contributed by atoms with Gasteiger partial charge >= 0.3 is 6.09 Å². The molecule has 2 rings (SSSR count). The van der Waals surface area contributed by atoms with E-state index >= 15 is 0 Å². The Morgan fingerprint density at radius 3 is 2.67 bits per heavy atom. The van der Waals surface area contributed by atoms with E-state index in [2.05, 4.69) is 21.2 Å². The SMILES string of the molecule is C[C@H]1OC[C@@](NC(=O)OC(C)(C)C)(c2cc(Br)ccc2F)[C@@H]1CC(C#N)S(C)(=O)=O. The first-order chi connectivity index (χ1) is 13.7. The van der Waals surface area contributed by atoms with Gasteiger partial charge in [0.15, 0.2) is 9.84 Å². The second-order valence-electron chi connectivity index (χ2n) is 8.53. The Morgan fingerprint density at radius 2 is 2.13 bits per heavy atom. The fourth-order valence-corrected chi connectivity index (χ4v) is 4.74. The summed E-state index contributed by atoms with van der Waals surface area (Å²) >= 11 is 3.31. The Labute approximate surface area is 185 Å². The Kier molecular flexibility index (Phi) is 7.21. The van der Waals surface area contributed by atoms with Gasteiger partial charge in [-0.15, -0.1) is 0 Å². The van der Waals surface area contributed by atoms with Crippen LogP contribution in [0.15, 0.2) is 22.7 Å². The van der Waals surface area contributed by atoms with Crippen molar-refractivity contribution >= 4 is 31.9 Å². The minimum Gasteiger partial charge on any atom is -0.444 e. The fraction of sp³-hybridized carbons (Fsp3) is 0.600. The average Bonchev–Trinajstić information content (AvgIpc) is 2.88. The smallest absolute Gasteiger partial charge is 0.408 e. The van der Waals surface area contributed by atoms with E-state index in [1.807, 2.05) is 0 Å². The second-order valence-corrected chi connectivity index (χ2v) is 11.7. The molecule has 1 heterocycles. The summed E-state index contributed by atoms with van der Waals surface area (Å²) in [6, 6.07) is 6.09. The molecule has 1 aliphatic heterocycles. The topological polar surface area (TPSA) is 105 Å². The lowest BCUT2D eigenvalue weighted by molar-refractivity contribution is 0.0410. The van der Waals surface area contributed by atoms with E-state index in [1.165, 1.54) is 18.2 Å². The number of hydrogen-bond acceptors (Lipinski definition) is 6. The number of sulfone groups is 1. The largest absolute Gasteiger partial charge is 0.444 e. The van der Waals surface area contributed by atoms with Crippen molar-refractivity contribution in [1.29, 1.82) is 5.26 Å². The lowest BCUT2D eigenvalue weighted by Crippen LogP contribution is -2.54. The summed E-state index contributed by atoms with van der Waals surface area (Å²) in [7, 11) is -3.70. The van der Waals surface area contributed by atoms with Crippen molar-refractivity contribution in [3.8, 4) is 6.07 Å². The number of amides is 1. The summed E-state index contributed by atoms with van der Waals surface area (Å²) in [4.78, 5) is 12.7. The fourth-order valence-electron chi connectivity index (χ4n) is 3.63. The third kappa shape index (κ3) is 5.50. The second kappa shape index (κ2) is 8.81. The van der Waals surface area contributed by atoms with E-state index in [0.29, 0.717) is 4.47 Å². The van der Waals surface area contributed by atoms with E-state index < -0.39 is 50.2 Å². The first-order valence-corrected chi connectivity index (χ1v) is 12.1. The monoisotopic (exact) mass is 504 g/mol. The van der Waals surface area contributed by atoms with Crippen molar-refractivity contribution in [2.24, 2.45) is 5.92 Å².